The average Bonchev–Trinajstić information content (AvgIpc) is 3.46. The van der Waals surface area contributed by atoms with E-state index >= 15 is 0 Å². The molecule has 0 radical (unpaired) electrons. The minimum Gasteiger partial charge on any atom is -0.383 e. The molecule has 2 aromatic carbocycles. The van der Waals surface area contributed by atoms with Crippen molar-refractivity contribution >= 4 is 23.3 Å². The van der Waals surface area contributed by atoms with Gasteiger partial charge in [0.1, 0.15) is 17.6 Å². The van der Waals surface area contributed by atoms with E-state index < -0.39 is 0 Å². The molecule has 2 fully saturated rings. The minimum absolute atomic E-state index is 0.453. The molecule has 1 spiro atoms. The predicted octanol–water partition coefficient (Wildman–Crippen LogP) is 6.66. The molecule has 2 saturated heterocycles. The predicted molar refractivity (Wildman–Crippen MR) is 184 cm³/mol. The second-order valence-electron chi connectivity index (χ2n) is 11.6. The van der Waals surface area contributed by atoms with Crippen molar-refractivity contribution in [1.29, 1.82) is 0 Å². The number of aromatic nitrogens is 4. The van der Waals surface area contributed by atoms with E-state index in [4.69, 9.17) is 20.5 Å². The number of hydrogen-bond donors (Lipinski definition) is 1. The molecule has 0 amide bonds. The fourth-order valence-corrected chi connectivity index (χ4v) is 6.37. The molecule has 2 aliphatic rings. The second-order valence-corrected chi connectivity index (χ2v) is 11.6. The molecule has 8 nitrogen and oxygen atoms in total. The third-order valence-corrected chi connectivity index (χ3v) is 8.48. The number of nitrogen functional groups attached to an aromatic ring is 1. The molecule has 5 aromatic rings. The van der Waals surface area contributed by atoms with E-state index in [1.165, 1.54) is 50.7 Å². The van der Waals surface area contributed by atoms with Crippen molar-refractivity contribution < 1.29 is 4.79 Å². The first-order valence-electron chi connectivity index (χ1n) is 15.7. The Morgan fingerprint density at radius 3 is 2.22 bits per heavy atom. The lowest BCUT2D eigenvalue weighted by Crippen LogP contribution is -2.58. The van der Waals surface area contributed by atoms with Gasteiger partial charge in [-0.2, -0.15) is 0 Å². The molecule has 0 aliphatic carbocycles. The number of benzene rings is 2. The highest BCUT2D eigenvalue weighted by atomic mass is 16.1. The topological polar surface area (TPSA) is 93.2 Å². The van der Waals surface area contributed by atoms with Gasteiger partial charge in [0.05, 0.1) is 11.3 Å². The van der Waals surface area contributed by atoms with E-state index in [9.17, 15) is 0 Å². The molecular weight excluding hydrogens is 558 g/mol. The molecule has 45 heavy (non-hydrogen) atoms. The number of allylic oxidation sites excluding steroid dienone is 1. The second kappa shape index (κ2) is 14.4. The van der Waals surface area contributed by atoms with Gasteiger partial charge in [-0.15, -0.1) is 0 Å². The van der Waals surface area contributed by atoms with Gasteiger partial charge in [0.25, 0.3) is 0 Å². The zero-order chi connectivity index (χ0) is 31.8. The number of likely N-dealkylation sites (tertiary alicyclic amines) is 2. The van der Waals surface area contributed by atoms with Crippen LogP contribution < -0.4 is 5.73 Å². The Morgan fingerprint density at radius 2 is 1.60 bits per heavy atom. The number of carbonyl (C=O) groups excluding carboxylic acids is 1. The Morgan fingerprint density at radius 1 is 0.911 bits per heavy atom. The normalized spacial score (nSPS) is 15.7. The van der Waals surface area contributed by atoms with Gasteiger partial charge in [-0.1, -0.05) is 62.9 Å². The van der Waals surface area contributed by atoms with Crippen molar-refractivity contribution in [2.45, 2.75) is 33.2 Å². The number of nitrogens with zero attached hydrogens (tertiary/aromatic N) is 6. The number of hydrogen-bond acceptors (Lipinski definition) is 7. The van der Waals surface area contributed by atoms with Crippen LogP contribution in [0.25, 0.3) is 39.5 Å². The Kier molecular flexibility index (Phi) is 10.2. The van der Waals surface area contributed by atoms with Gasteiger partial charge in [-0.05, 0) is 86.4 Å². The number of nitrogens with two attached hydrogens (primary N) is 1. The zero-order valence-corrected chi connectivity index (χ0v) is 26.6. The summed E-state index contributed by atoms with van der Waals surface area (Å²) in [6, 6.07) is 27.0. The highest BCUT2D eigenvalue weighted by molar-refractivity contribution is 5.84. The van der Waals surface area contributed by atoms with Gasteiger partial charge in [0.15, 0.2) is 11.5 Å². The number of carbonyl (C=O) groups is 1. The summed E-state index contributed by atoms with van der Waals surface area (Å²) in [6.45, 7) is 13.0. The van der Waals surface area contributed by atoms with Crippen LogP contribution in [-0.4, -0.2) is 68.8 Å². The van der Waals surface area contributed by atoms with E-state index in [0.717, 1.165) is 46.0 Å². The first-order chi connectivity index (χ1) is 22.0. The molecule has 0 atom stereocenters. The van der Waals surface area contributed by atoms with E-state index in [1.807, 2.05) is 56.3 Å². The van der Waals surface area contributed by atoms with Gasteiger partial charge >= 0.3 is 0 Å². The molecule has 0 unspecified atom stereocenters. The average molecular weight is 602 g/mol. The summed E-state index contributed by atoms with van der Waals surface area (Å²) < 4.78 is 2.11. The van der Waals surface area contributed by atoms with Crippen LogP contribution in [0.2, 0.25) is 0 Å². The monoisotopic (exact) mass is 601 g/mol. The summed E-state index contributed by atoms with van der Waals surface area (Å²) in [5.41, 5.74) is 13.6. The number of rotatable bonds is 6. The molecule has 2 N–H and O–H groups in total. The number of pyridine rings is 2. The Labute approximate surface area is 266 Å². The fraction of sp³-hybridized carbons (Fsp3) is 0.297. The van der Waals surface area contributed by atoms with Crippen LogP contribution in [0.4, 0.5) is 5.82 Å². The smallest absolute Gasteiger partial charge is 0.165 e. The number of imidazole rings is 1. The van der Waals surface area contributed by atoms with Gasteiger partial charge in [0, 0.05) is 37.1 Å². The number of anilines is 1. The first-order valence-corrected chi connectivity index (χ1v) is 15.7. The van der Waals surface area contributed by atoms with Crippen LogP contribution >= 0.6 is 0 Å². The molecule has 8 heteroatoms. The van der Waals surface area contributed by atoms with E-state index in [2.05, 4.69) is 69.4 Å². The number of piperidine rings is 1. The molecule has 3 aromatic heterocycles. The lowest BCUT2D eigenvalue weighted by Gasteiger charge is -2.53. The van der Waals surface area contributed by atoms with Crippen LogP contribution in [0.3, 0.4) is 0 Å². The largest absolute Gasteiger partial charge is 0.383 e. The minimum atomic E-state index is 0.453. The van der Waals surface area contributed by atoms with Crippen molar-refractivity contribution in [2.24, 2.45) is 5.41 Å². The summed E-state index contributed by atoms with van der Waals surface area (Å²) in [5, 5.41) is 0. The van der Waals surface area contributed by atoms with Gasteiger partial charge < -0.3 is 10.6 Å². The van der Waals surface area contributed by atoms with Crippen LogP contribution in [-0.2, 0) is 11.3 Å². The van der Waals surface area contributed by atoms with Gasteiger partial charge in [-0.3, -0.25) is 14.3 Å². The lowest BCUT2D eigenvalue weighted by molar-refractivity contribution is -0.104. The van der Waals surface area contributed by atoms with Crippen LogP contribution in [0.5, 0.6) is 0 Å². The standard InChI is InChI=1S/C32H33N7.C3H4O.C2H6/c1-37-21-32(22-37)15-18-38(19-16-32)20-23-9-11-25(12-10-23)39-30(26-8-5-17-34-29(26)33)36-28-14-13-27(35-31(28)39)24-6-3-2-4-7-24;1-2-3-4;1-2/h2-14,17H,15-16,18-22H2,1H3,(H2,33,34);2-3H,1H2;1-2H3. The van der Waals surface area contributed by atoms with E-state index in [1.54, 1.807) is 6.20 Å². The maximum Gasteiger partial charge on any atom is 0.165 e. The van der Waals surface area contributed by atoms with Gasteiger partial charge in [0.2, 0.25) is 0 Å². The maximum atomic E-state index is 9.06. The van der Waals surface area contributed by atoms with Crippen LogP contribution in [0.1, 0.15) is 32.3 Å². The number of fused-ring (bicyclic) bond motifs is 1. The van der Waals surface area contributed by atoms with Crippen molar-refractivity contribution in [2.75, 3.05) is 39.0 Å². The van der Waals surface area contributed by atoms with Gasteiger partial charge in [-0.25, -0.2) is 15.0 Å². The lowest BCUT2D eigenvalue weighted by atomic mass is 9.72. The summed E-state index contributed by atoms with van der Waals surface area (Å²) in [4.78, 5) is 28.5. The Bertz CT molecular complexity index is 1710. The van der Waals surface area contributed by atoms with Crippen LogP contribution in [0.15, 0.2) is 97.7 Å². The molecule has 0 bridgehead atoms. The van der Waals surface area contributed by atoms with E-state index in [-0.39, 0.29) is 0 Å². The van der Waals surface area contributed by atoms with Crippen molar-refractivity contribution in [3.63, 3.8) is 0 Å². The quantitative estimate of drug-likeness (QED) is 0.172. The fourth-order valence-electron chi connectivity index (χ4n) is 6.37. The molecule has 7 rings (SSSR count). The van der Waals surface area contributed by atoms with Crippen molar-refractivity contribution in [3.05, 3.63) is 103 Å². The third-order valence-electron chi connectivity index (χ3n) is 8.48. The third kappa shape index (κ3) is 7.03. The molecule has 232 valence electrons. The SMILES string of the molecule is C=CC=O.CC.CN1CC2(CCN(Cc3ccc(-n4c(-c5cccnc5N)nc5ccc(-c6ccccc6)nc54)cc3)CC2)C1. The Hall–Kier alpha value is -4.66. The van der Waals surface area contributed by atoms with Crippen molar-refractivity contribution in [1.82, 2.24) is 29.3 Å². The zero-order valence-electron chi connectivity index (χ0n) is 26.6. The number of aldehydes is 1. The summed E-state index contributed by atoms with van der Waals surface area (Å²) in [5.74, 6) is 1.20. The molecular formula is C37H43N7O. The van der Waals surface area contributed by atoms with Crippen molar-refractivity contribution in [3.8, 4) is 28.3 Å². The molecule has 2 aliphatic heterocycles. The molecule has 5 heterocycles. The van der Waals surface area contributed by atoms with Crippen LogP contribution in [0, 0.1) is 5.41 Å². The summed E-state index contributed by atoms with van der Waals surface area (Å²) in [7, 11) is 2.23. The first kappa shape index (κ1) is 31.8. The maximum absolute atomic E-state index is 9.06. The van der Waals surface area contributed by atoms with E-state index in [0.29, 0.717) is 17.5 Å². The summed E-state index contributed by atoms with van der Waals surface area (Å²) >= 11 is 0. The molecule has 0 saturated carbocycles. The highest BCUT2D eigenvalue weighted by Crippen LogP contribution is 2.39. The summed E-state index contributed by atoms with van der Waals surface area (Å²) in [6.07, 6.45) is 6.15. The Balaban J connectivity index is 0.000000620. The highest BCUT2D eigenvalue weighted by Gasteiger charge is 2.42.